The van der Waals surface area contributed by atoms with Crippen molar-refractivity contribution in [3.63, 3.8) is 0 Å². The molecular weight excluding hydrogens is 130 g/mol. The van der Waals surface area contributed by atoms with Crippen molar-refractivity contribution in [1.29, 1.82) is 0 Å². The van der Waals surface area contributed by atoms with Crippen molar-refractivity contribution in [2.24, 2.45) is 0 Å². The molecule has 1 saturated heterocycles. The highest BCUT2D eigenvalue weighted by Gasteiger charge is 2.20. The first-order valence-corrected chi connectivity index (χ1v) is 3.86. The first-order valence-electron chi connectivity index (χ1n) is 3.86. The zero-order valence-electron chi connectivity index (χ0n) is 6.18. The minimum absolute atomic E-state index is 0.285. The maximum Gasteiger partial charge on any atom is 0.0822 e. The lowest BCUT2D eigenvalue weighted by Gasteiger charge is -1.99. The van der Waals surface area contributed by atoms with E-state index in [1.807, 2.05) is 0 Å². The van der Waals surface area contributed by atoms with Crippen molar-refractivity contribution < 1.29 is 9.84 Å². The van der Waals surface area contributed by atoms with Crippen LogP contribution in [0.15, 0.2) is 0 Å². The molecule has 60 valence electrons. The molecule has 0 aliphatic carbocycles. The lowest BCUT2D eigenvalue weighted by atomic mass is 10.3. The number of hydrogen-bond acceptors (Lipinski definition) is 3. The summed E-state index contributed by atoms with van der Waals surface area (Å²) >= 11 is 0. The quantitative estimate of drug-likeness (QED) is 0.400. The molecule has 0 spiro atoms. The SMILES string of the molecule is OCCCNCCC1CO1. The number of aliphatic hydroxyl groups excluding tert-OH is 1. The molecule has 1 aliphatic rings. The highest BCUT2D eigenvalue weighted by molar-refractivity contribution is 4.69. The molecule has 3 heteroatoms. The molecule has 0 amide bonds. The van der Waals surface area contributed by atoms with Gasteiger partial charge in [0.2, 0.25) is 0 Å². The van der Waals surface area contributed by atoms with E-state index in [9.17, 15) is 0 Å². The maximum absolute atomic E-state index is 8.42. The number of nitrogens with one attached hydrogen (secondary N) is 1. The Hall–Kier alpha value is -0.120. The molecule has 0 aromatic carbocycles. The van der Waals surface area contributed by atoms with Gasteiger partial charge in [-0.05, 0) is 25.9 Å². The fraction of sp³-hybridized carbons (Fsp3) is 1.00. The molecule has 0 aromatic rings. The van der Waals surface area contributed by atoms with E-state index >= 15 is 0 Å². The second kappa shape index (κ2) is 4.66. The van der Waals surface area contributed by atoms with Gasteiger partial charge in [0.15, 0.2) is 0 Å². The summed E-state index contributed by atoms with van der Waals surface area (Å²) < 4.78 is 5.03. The predicted octanol–water partition coefficient (Wildman–Crippen LogP) is -0.253. The standard InChI is InChI=1S/C7H15NO2/c9-5-1-3-8-4-2-7-6-10-7/h7-9H,1-6H2. The molecule has 1 rings (SSSR count). The summed E-state index contributed by atoms with van der Waals surface area (Å²) in [5, 5.41) is 11.6. The zero-order valence-corrected chi connectivity index (χ0v) is 6.18. The monoisotopic (exact) mass is 145 g/mol. The van der Waals surface area contributed by atoms with Gasteiger partial charge in [-0.3, -0.25) is 0 Å². The normalized spacial score (nSPS) is 23.1. The van der Waals surface area contributed by atoms with Gasteiger partial charge in [-0.25, -0.2) is 0 Å². The van der Waals surface area contributed by atoms with E-state index in [2.05, 4.69) is 5.32 Å². The Balaban J connectivity index is 1.68. The molecule has 1 fully saturated rings. The van der Waals surface area contributed by atoms with Gasteiger partial charge in [0.25, 0.3) is 0 Å². The molecule has 0 saturated carbocycles. The Morgan fingerprint density at radius 1 is 1.50 bits per heavy atom. The van der Waals surface area contributed by atoms with Crippen LogP contribution in [0.25, 0.3) is 0 Å². The third-order valence-corrected chi connectivity index (χ3v) is 1.56. The summed E-state index contributed by atoms with van der Waals surface area (Å²) in [4.78, 5) is 0. The second-order valence-electron chi connectivity index (χ2n) is 2.57. The fourth-order valence-corrected chi connectivity index (χ4v) is 0.827. The summed E-state index contributed by atoms with van der Waals surface area (Å²) in [5.41, 5.74) is 0. The van der Waals surface area contributed by atoms with Crippen molar-refractivity contribution in [1.82, 2.24) is 5.32 Å². The van der Waals surface area contributed by atoms with Crippen LogP contribution in [0, 0.1) is 0 Å². The lowest BCUT2D eigenvalue weighted by Crippen LogP contribution is -2.18. The van der Waals surface area contributed by atoms with Gasteiger partial charge < -0.3 is 15.2 Å². The van der Waals surface area contributed by atoms with E-state index in [4.69, 9.17) is 9.84 Å². The van der Waals surface area contributed by atoms with Gasteiger partial charge in [-0.1, -0.05) is 0 Å². The molecular formula is C7H15NO2. The van der Waals surface area contributed by atoms with Crippen LogP contribution >= 0.6 is 0 Å². The van der Waals surface area contributed by atoms with Crippen LogP contribution in [0.3, 0.4) is 0 Å². The van der Waals surface area contributed by atoms with E-state index in [1.54, 1.807) is 0 Å². The van der Waals surface area contributed by atoms with Crippen molar-refractivity contribution in [3.8, 4) is 0 Å². The maximum atomic E-state index is 8.42. The average Bonchev–Trinajstić information content (AvgIpc) is 2.71. The number of ether oxygens (including phenoxy) is 1. The Morgan fingerprint density at radius 3 is 2.90 bits per heavy atom. The van der Waals surface area contributed by atoms with Crippen LogP contribution < -0.4 is 5.32 Å². The van der Waals surface area contributed by atoms with Gasteiger partial charge in [0, 0.05) is 6.61 Å². The first kappa shape index (κ1) is 7.98. The topological polar surface area (TPSA) is 44.8 Å². The van der Waals surface area contributed by atoms with Crippen LogP contribution in [-0.2, 0) is 4.74 Å². The molecule has 1 atom stereocenters. The van der Waals surface area contributed by atoms with Crippen LogP contribution in [0.4, 0.5) is 0 Å². The summed E-state index contributed by atoms with van der Waals surface area (Å²) in [7, 11) is 0. The average molecular weight is 145 g/mol. The molecule has 1 unspecified atom stereocenters. The van der Waals surface area contributed by atoms with Gasteiger partial charge in [0.05, 0.1) is 12.7 Å². The fourth-order valence-electron chi connectivity index (χ4n) is 0.827. The summed E-state index contributed by atoms with van der Waals surface area (Å²) in [6, 6.07) is 0. The number of epoxide rings is 1. The molecule has 0 radical (unpaired) electrons. The second-order valence-corrected chi connectivity index (χ2v) is 2.57. The highest BCUT2D eigenvalue weighted by atomic mass is 16.6. The van der Waals surface area contributed by atoms with Gasteiger partial charge in [0.1, 0.15) is 0 Å². The van der Waals surface area contributed by atoms with Crippen molar-refractivity contribution in [3.05, 3.63) is 0 Å². The van der Waals surface area contributed by atoms with E-state index in [0.29, 0.717) is 6.10 Å². The molecule has 1 heterocycles. The minimum Gasteiger partial charge on any atom is -0.396 e. The lowest BCUT2D eigenvalue weighted by molar-refractivity contribution is 0.285. The molecule has 0 aromatic heterocycles. The molecule has 2 N–H and O–H groups in total. The highest BCUT2D eigenvalue weighted by Crippen LogP contribution is 2.11. The van der Waals surface area contributed by atoms with Crippen molar-refractivity contribution >= 4 is 0 Å². The third-order valence-electron chi connectivity index (χ3n) is 1.56. The van der Waals surface area contributed by atoms with Crippen LogP contribution in [0.1, 0.15) is 12.8 Å². The zero-order chi connectivity index (χ0) is 7.23. The Morgan fingerprint density at radius 2 is 2.30 bits per heavy atom. The van der Waals surface area contributed by atoms with Crippen molar-refractivity contribution in [2.75, 3.05) is 26.3 Å². The van der Waals surface area contributed by atoms with Crippen molar-refractivity contribution in [2.45, 2.75) is 18.9 Å². The predicted molar refractivity (Wildman–Crippen MR) is 38.9 cm³/mol. The van der Waals surface area contributed by atoms with E-state index < -0.39 is 0 Å². The largest absolute Gasteiger partial charge is 0.396 e. The van der Waals surface area contributed by atoms with Gasteiger partial charge >= 0.3 is 0 Å². The summed E-state index contributed by atoms with van der Waals surface area (Å²) in [6.45, 7) is 3.17. The van der Waals surface area contributed by atoms with E-state index in [0.717, 1.165) is 32.5 Å². The molecule has 3 nitrogen and oxygen atoms in total. The third kappa shape index (κ3) is 3.82. The Kier molecular flexibility index (Phi) is 3.72. The van der Waals surface area contributed by atoms with E-state index in [-0.39, 0.29) is 6.61 Å². The molecule has 1 aliphatic heterocycles. The van der Waals surface area contributed by atoms with Gasteiger partial charge in [-0.2, -0.15) is 0 Å². The summed E-state index contributed by atoms with van der Waals surface area (Å²) in [6.07, 6.45) is 2.50. The van der Waals surface area contributed by atoms with Crippen LogP contribution in [0.2, 0.25) is 0 Å². The molecule has 10 heavy (non-hydrogen) atoms. The van der Waals surface area contributed by atoms with Crippen LogP contribution in [0.5, 0.6) is 0 Å². The minimum atomic E-state index is 0.285. The summed E-state index contributed by atoms with van der Waals surface area (Å²) in [5.74, 6) is 0. The van der Waals surface area contributed by atoms with Crippen LogP contribution in [-0.4, -0.2) is 37.5 Å². The smallest absolute Gasteiger partial charge is 0.0822 e. The Labute approximate surface area is 61.4 Å². The Bertz CT molecular complexity index is 83.7. The molecule has 0 bridgehead atoms. The number of hydrogen-bond donors (Lipinski definition) is 2. The number of rotatable bonds is 6. The van der Waals surface area contributed by atoms with E-state index in [1.165, 1.54) is 0 Å². The number of aliphatic hydroxyl groups is 1. The van der Waals surface area contributed by atoms with Gasteiger partial charge in [-0.15, -0.1) is 0 Å². The first-order chi connectivity index (χ1) is 4.93.